The highest BCUT2D eigenvalue weighted by molar-refractivity contribution is 7.89. The van der Waals surface area contributed by atoms with Gasteiger partial charge in [-0.2, -0.15) is 15.0 Å². The zero-order valence-corrected chi connectivity index (χ0v) is 23.2. The molecule has 1 aliphatic rings. The van der Waals surface area contributed by atoms with Crippen molar-refractivity contribution in [2.75, 3.05) is 48.8 Å². The standard InChI is InChI=1S/C27H39N7O3S/c1-19(2)30-26-31-25(32-27(33-26)34(3)15-16-35)28-17-20-11-13-21(14-12-20)18-29-38(36,37)24-10-6-8-22-7-4-5-9-23(22)24/h4-10,19-21,29,35H,11-18H2,1-3H3,(H2,28,30,31,32,33). The van der Waals surface area contributed by atoms with E-state index in [1.807, 2.05) is 51.2 Å². The van der Waals surface area contributed by atoms with Gasteiger partial charge in [-0.15, -0.1) is 0 Å². The topological polar surface area (TPSA) is 132 Å². The van der Waals surface area contributed by atoms with Gasteiger partial charge < -0.3 is 20.6 Å². The van der Waals surface area contributed by atoms with Crippen molar-refractivity contribution in [3.05, 3.63) is 42.5 Å². The summed E-state index contributed by atoms with van der Waals surface area (Å²) in [5.41, 5.74) is 0. The van der Waals surface area contributed by atoms with E-state index in [9.17, 15) is 13.5 Å². The molecule has 0 saturated heterocycles. The molecule has 206 valence electrons. The Morgan fingerprint density at radius 2 is 1.61 bits per heavy atom. The van der Waals surface area contributed by atoms with E-state index in [1.54, 1.807) is 17.0 Å². The summed E-state index contributed by atoms with van der Waals surface area (Å²) in [4.78, 5) is 15.6. The number of fused-ring (bicyclic) bond motifs is 1. The SMILES string of the molecule is CC(C)Nc1nc(NCC2CCC(CNS(=O)(=O)c3cccc4ccccc34)CC2)nc(N(C)CCO)n1. The number of hydrogen-bond acceptors (Lipinski definition) is 9. The van der Waals surface area contributed by atoms with Crippen molar-refractivity contribution in [1.29, 1.82) is 0 Å². The van der Waals surface area contributed by atoms with Crippen LogP contribution in [-0.2, 0) is 10.0 Å². The molecule has 2 aromatic carbocycles. The smallest absolute Gasteiger partial charge is 0.241 e. The number of anilines is 3. The first-order valence-corrected chi connectivity index (χ1v) is 14.8. The van der Waals surface area contributed by atoms with E-state index < -0.39 is 10.0 Å². The van der Waals surface area contributed by atoms with Crippen molar-refractivity contribution in [3.63, 3.8) is 0 Å². The first kappa shape index (κ1) is 28.0. The maximum absolute atomic E-state index is 13.1. The molecular formula is C27H39N7O3S. The number of hydrogen-bond donors (Lipinski definition) is 4. The van der Waals surface area contributed by atoms with Crippen LogP contribution in [-0.4, -0.2) is 67.8 Å². The predicted octanol–water partition coefficient (Wildman–Crippen LogP) is 3.47. The second-order valence-corrected chi connectivity index (χ2v) is 12.1. The van der Waals surface area contributed by atoms with Crippen LogP contribution >= 0.6 is 0 Å². The van der Waals surface area contributed by atoms with Crippen LogP contribution in [0, 0.1) is 11.8 Å². The number of nitrogens with zero attached hydrogens (tertiary/aromatic N) is 4. The number of aliphatic hydroxyl groups is 1. The molecule has 4 N–H and O–H groups in total. The summed E-state index contributed by atoms with van der Waals surface area (Å²) in [6.07, 6.45) is 3.94. The summed E-state index contributed by atoms with van der Waals surface area (Å²) in [6, 6.07) is 13.1. The lowest BCUT2D eigenvalue weighted by Gasteiger charge is -2.29. The molecule has 0 spiro atoms. The molecule has 10 nitrogen and oxygen atoms in total. The van der Waals surface area contributed by atoms with Gasteiger partial charge in [-0.25, -0.2) is 13.1 Å². The van der Waals surface area contributed by atoms with Gasteiger partial charge in [-0.1, -0.05) is 36.4 Å². The third-order valence-corrected chi connectivity index (χ3v) is 8.42. The van der Waals surface area contributed by atoms with Crippen LogP contribution in [0.1, 0.15) is 39.5 Å². The first-order chi connectivity index (χ1) is 18.2. The molecule has 11 heteroatoms. The molecule has 3 aromatic rings. The largest absolute Gasteiger partial charge is 0.395 e. The maximum Gasteiger partial charge on any atom is 0.241 e. The van der Waals surface area contributed by atoms with Crippen molar-refractivity contribution in [1.82, 2.24) is 19.7 Å². The first-order valence-electron chi connectivity index (χ1n) is 13.3. The van der Waals surface area contributed by atoms with Crippen molar-refractivity contribution in [2.45, 2.75) is 50.5 Å². The highest BCUT2D eigenvalue weighted by atomic mass is 32.2. The fourth-order valence-corrected chi connectivity index (χ4v) is 6.14. The highest BCUT2D eigenvalue weighted by Crippen LogP contribution is 2.29. The summed E-state index contributed by atoms with van der Waals surface area (Å²) in [7, 11) is -1.75. The molecule has 0 bridgehead atoms. The van der Waals surface area contributed by atoms with Gasteiger partial charge in [0.05, 0.1) is 11.5 Å². The quantitative estimate of drug-likeness (QED) is 0.272. The van der Waals surface area contributed by atoms with Crippen LogP contribution in [0.2, 0.25) is 0 Å². The summed E-state index contributed by atoms with van der Waals surface area (Å²) in [5.74, 6) is 2.28. The van der Waals surface area contributed by atoms with Crippen LogP contribution in [0.3, 0.4) is 0 Å². The van der Waals surface area contributed by atoms with E-state index in [4.69, 9.17) is 0 Å². The fourth-order valence-electron chi connectivity index (χ4n) is 4.80. The van der Waals surface area contributed by atoms with Gasteiger partial charge in [0, 0.05) is 38.1 Å². The molecule has 1 saturated carbocycles. The van der Waals surface area contributed by atoms with E-state index in [0.717, 1.165) is 43.0 Å². The Labute approximate surface area is 225 Å². The van der Waals surface area contributed by atoms with Crippen LogP contribution < -0.4 is 20.3 Å². The average molecular weight is 542 g/mol. The van der Waals surface area contributed by atoms with Crippen molar-refractivity contribution in [2.24, 2.45) is 11.8 Å². The Hall–Kier alpha value is -3.02. The van der Waals surface area contributed by atoms with Gasteiger partial charge >= 0.3 is 0 Å². The minimum absolute atomic E-state index is 0.0131. The summed E-state index contributed by atoms with van der Waals surface area (Å²) < 4.78 is 29.0. The zero-order chi connectivity index (χ0) is 27.1. The van der Waals surface area contributed by atoms with E-state index in [2.05, 4.69) is 30.3 Å². The van der Waals surface area contributed by atoms with Crippen LogP contribution in [0.4, 0.5) is 17.8 Å². The lowest BCUT2D eigenvalue weighted by Crippen LogP contribution is -2.32. The molecule has 1 aliphatic carbocycles. The third-order valence-electron chi connectivity index (χ3n) is 6.93. The van der Waals surface area contributed by atoms with Gasteiger partial charge in [0.1, 0.15) is 0 Å². The van der Waals surface area contributed by atoms with Crippen LogP contribution in [0.25, 0.3) is 10.8 Å². The van der Waals surface area contributed by atoms with Gasteiger partial charge in [-0.3, -0.25) is 0 Å². The maximum atomic E-state index is 13.1. The second kappa shape index (κ2) is 12.7. The van der Waals surface area contributed by atoms with Gasteiger partial charge in [0.15, 0.2) is 0 Å². The molecule has 0 atom stereocenters. The predicted molar refractivity (Wildman–Crippen MR) is 152 cm³/mol. The number of nitrogens with one attached hydrogen (secondary N) is 3. The number of sulfonamides is 1. The molecule has 0 amide bonds. The number of benzene rings is 2. The Kier molecular flexibility index (Phi) is 9.35. The van der Waals surface area contributed by atoms with Crippen LogP contribution in [0.5, 0.6) is 0 Å². The minimum Gasteiger partial charge on any atom is -0.395 e. The fraction of sp³-hybridized carbons (Fsp3) is 0.519. The summed E-state index contributed by atoms with van der Waals surface area (Å²) >= 11 is 0. The van der Waals surface area contributed by atoms with Gasteiger partial charge in [0.2, 0.25) is 27.9 Å². The highest BCUT2D eigenvalue weighted by Gasteiger charge is 2.24. The monoisotopic (exact) mass is 541 g/mol. The Bertz CT molecular complexity index is 1310. The molecule has 4 rings (SSSR count). The summed E-state index contributed by atoms with van der Waals surface area (Å²) in [6.45, 7) is 5.67. The molecule has 0 unspecified atom stereocenters. The second-order valence-electron chi connectivity index (χ2n) is 10.3. The lowest BCUT2D eigenvalue weighted by molar-refractivity contribution is 0.284. The Balaban J connectivity index is 1.30. The molecule has 0 radical (unpaired) electrons. The minimum atomic E-state index is -3.58. The molecule has 0 aliphatic heterocycles. The van der Waals surface area contributed by atoms with Gasteiger partial charge in [-0.05, 0) is 62.8 Å². The lowest BCUT2D eigenvalue weighted by atomic mass is 9.82. The van der Waals surface area contributed by atoms with Crippen LogP contribution in [0.15, 0.2) is 47.4 Å². The normalized spacial score (nSPS) is 18.0. The number of likely N-dealkylation sites (N-methyl/N-ethyl adjacent to an activating group) is 1. The Morgan fingerprint density at radius 1 is 0.947 bits per heavy atom. The number of aromatic nitrogens is 3. The number of aliphatic hydroxyl groups excluding tert-OH is 1. The third kappa shape index (κ3) is 7.30. The van der Waals surface area contributed by atoms with Crippen molar-refractivity contribution in [3.8, 4) is 0 Å². The molecule has 38 heavy (non-hydrogen) atoms. The summed E-state index contributed by atoms with van der Waals surface area (Å²) in [5, 5.41) is 17.5. The number of rotatable bonds is 12. The molecule has 1 aromatic heterocycles. The van der Waals surface area contributed by atoms with Crippen molar-refractivity contribution < 1.29 is 13.5 Å². The molecule has 1 fully saturated rings. The van der Waals surface area contributed by atoms with E-state index in [1.165, 1.54) is 0 Å². The zero-order valence-electron chi connectivity index (χ0n) is 22.4. The molecule has 1 heterocycles. The van der Waals surface area contributed by atoms with E-state index in [-0.39, 0.29) is 12.6 Å². The average Bonchev–Trinajstić information content (AvgIpc) is 2.90. The molecular weight excluding hydrogens is 502 g/mol. The van der Waals surface area contributed by atoms with Gasteiger partial charge in [0.25, 0.3) is 0 Å². The van der Waals surface area contributed by atoms with Crippen molar-refractivity contribution >= 4 is 38.6 Å². The van der Waals surface area contributed by atoms with E-state index in [0.29, 0.717) is 47.7 Å². The van der Waals surface area contributed by atoms with E-state index >= 15 is 0 Å². The Morgan fingerprint density at radius 3 is 2.32 bits per heavy atom.